The van der Waals surface area contributed by atoms with Gasteiger partial charge in [-0.1, -0.05) is 23.8 Å². The molecule has 1 aromatic heterocycles. The summed E-state index contributed by atoms with van der Waals surface area (Å²) >= 11 is 6.16. The molecule has 1 aromatic carbocycles. The second-order valence-corrected chi connectivity index (χ2v) is 5.92. The summed E-state index contributed by atoms with van der Waals surface area (Å²) in [6.45, 7) is 0. The van der Waals surface area contributed by atoms with E-state index < -0.39 is 0 Å². The van der Waals surface area contributed by atoms with Gasteiger partial charge in [-0.2, -0.15) is 0 Å². The lowest BCUT2D eigenvalue weighted by Gasteiger charge is -2.37. The molecule has 0 saturated carbocycles. The number of anilines is 1. The highest BCUT2D eigenvalue weighted by molar-refractivity contribution is 6.30. The van der Waals surface area contributed by atoms with Crippen molar-refractivity contribution < 1.29 is 0 Å². The second-order valence-electron chi connectivity index (χ2n) is 5.49. The summed E-state index contributed by atoms with van der Waals surface area (Å²) in [5.74, 6) is 1.02. The van der Waals surface area contributed by atoms with Crippen LogP contribution in [-0.2, 0) is 0 Å². The van der Waals surface area contributed by atoms with Gasteiger partial charge in [-0.15, -0.1) is 0 Å². The van der Waals surface area contributed by atoms with Crippen molar-refractivity contribution in [1.29, 1.82) is 0 Å². The lowest BCUT2D eigenvalue weighted by molar-refractivity contribution is 0.425. The highest BCUT2D eigenvalue weighted by Gasteiger charge is 2.37. The van der Waals surface area contributed by atoms with Gasteiger partial charge in [-0.05, 0) is 53.8 Å². The van der Waals surface area contributed by atoms with E-state index in [1.807, 2.05) is 18.5 Å². The molecule has 20 heavy (non-hydrogen) atoms. The van der Waals surface area contributed by atoms with Crippen LogP contribution in [0.2, 0.25) is 5.02 Å². The third-order valence-corrected chi connectivity index (χ3v) is 4.63. The Hall–Kier alpha value is -1.80. The molecule has 2 aliphatic rings. The zero-order chi connectivity index (χ0) is 13.5. The first kappa shape index (κ1) is 12.0. The molecule has 0 saturated heterocycles. The number of hydrogen-bond donors (Lipinski definition) is 1. The summed E-state index contributed by atoms with van der Waals surface area (Å²) in [4.78, 5) is 4.12. The zero-order valence-electron chi connectivity index (χ0n) is 11.0. The van der Waals surface area contributed by atoms with E-state index in [4.69, 9.17) is 11.6 Å². The minimum atomic E-state index is 0.340. The van der Waals surface area contributed by atoms with E-state index in [0.717, 1.165) is 11.4 Å². The van der Waals surface area contributed by atoms with E-state index in [1.54, 1.807) is 0 Å². The van der Waals surface area contributed by atoms with Crippen molar-refractivity contribution in [2.24, 2.45) is 5.92 Å². The van der Waals surface area contributed by atoms with Crippen molar-refractivity contribution >= 4 is 17.3 Å². The normalized spacial score (nSPS) is 26.8. The first-order valence-electron chi connectivity index (χ1n) is 6.95. The van der Waals surface area contributed by atoms with Gasteiger partial charge < -0.3 is 5.32 Å². The Balaban J connectivity index is 1.80. The number of nitrogens with zero attached hydrogens (tertiary/aromatic N) is 1. The fourth-order valence-electron chi connectivity index (χ4n) is 3.47. The Kier molecular flexibility index (Phi) is 2.78. The van der Waals surface area contributed by atoms with Crippen LogP contribution in [0.25, 0.3) is 0 Å². The number of aromatic nitrogens is 1. The smallest absolute Gasteiger partial charge is 0.0555 e. The monoisotopic (exact) mass is 282 g/mol. The maximum atomic E-state index is 6.16. The van der Waals surface area contributed by atoms with Crippen LogP contribution in [0.5, 0.6) is 0 Å². The lowest BCUT2D eigenvalue weighted by atomic mass is 9.77. The van der Waals surface area contributed by atoms with Crippen molar-refractivity contribution in [2.75, 3.05) is 5.32 Å². The van der Waals surface area contributed by atoms with Crippen molar-refractivity contribution in [3.8, 4) is 0 Å². The standard InChI is InChI=1S/C17H15ClN2/c18-12-4-5-16-15(10-12)13-2-1-3-14(13)17(20-16)11-6-8-19-9-7-11/h1-2,4-10,13-14,17,20H,3H2/t13-,14+,17+/m0/s1. The molecule has 2 heterocycles. The van der Waals surface area contributed by atoms with Crippen molar-refractivity contribution in [2.45, 2.75) is 18.4 Å². The average molecular weight is 283 g/mol. The Morgan fingerprint density at radius 1 is 1.15 bits per heavy atom. The van der Waals surface area contributed by atoms with Crippen LogP contribution >= 0.6 is 11.6 Å². The molecule has 2 nitrogen and oxygen atoms in total. The van der Waals surface area contributed by atoms with E-state index >= 15 is 0 Å². The van der Waals surface area contributed by atoms with Gasteiger partial charge in [0.1, 0.15) is 0 Å². The first-order chi connectivity index (χ1) is 9.83. The number of fused-ring (bicyclic) bond motifs is 3. The summed E-state index contributed by atoms with van der Waals surface area (Å²) < 4.78 is 0. The Morgan fingerprint density at radius 3 is 2.85 bits per heavy atom. The molecule has 0 fully saturated rings. The number of hydrogen-bond acceptors (Lipinski definition) is 2. The number of pyridine rings is 1. The lowest BCUT2D eigenvalue weighted by Crippen LogP contribution is -2.29. The molecule has 1 aliphatic carbocycles. The van der Waals surface area contributed by atoms with E-state index in [-0.39, 0.29) is 0 Å². The molecule has 1 N–H and O–H groups in total. The predicted molar refractivity (Wildman–Crippen MR) is 82.0 cm³/mol. The van der Waals surface area contributed by atoms with Crippen LogP contribution in [0.3, 0.4) is 0 Å². The van der Waals surface area contributed by atoms with Crippen LogP contribution < -0.4 is 5.32 Å². The highest BCUT2D eigenvalue weighted by Crippen LogP contribution is 2.50. The van der Waals surface area contributed by atoms with E-state index in [0.29, 0.717) is 17.9 Å². The van der Waals surface area contributed by atoms with Crippen LogP contribution in [0, 0.1) is 5.92 Å². The molecule has 3 atom stereocenters. The first-order valence-corrected chi connectivity index (χ1v) is 7.33. The van der Waals surface area contributed by atoms with E-state index in [2.05, 4.69) is 46.7 Å². The molecule has 0 radical (unpaired) electrons. The molecule has 3 heteroatoms. The van der Waals surface area contributed by atoms with E-state index in [9.17, 15) is 0 Å². The SMILES string of the molecule is Clc1ccc2c(c1)[C@H]1C=CC[C@H]1[C@@H](c1ccncc1)N2. The van der Waals surface area contributed by atoms with Crippen LogP contribution in [0.15, 0.2) is 54.9 Å². The summed E-state index contributed by atoms with van der Waals surface area (Å²) in [5.41, 5.74) is 3.82. The summed E-state index contributed by atoms with van der Waals surface area (Å²) in [7, 11) is 0. The van der Waals surface area contributed by atoms with Crippen LogP contribution in [0.4, 0.5) is 5.69 Å². The van der Waals surface area contributed by atoms with Crippen molar-refractivity contribution in [3.63, 3.8) is 0 Å². The summed E-state index contributed by atoms with van der Waals surface area (Å²) in [6.07, 6.45) is 9.46. The molecule has 4 rings (SSSR count). The molecule has 100 valence electrons. The molecule has 0 amide bonds. The van der Waals surface area contributed by atoms with Gasteiger partial charge in [-0.3, -0.25) is 4.98 Å². The van der Waals surface area contributed by atoms with Crippen LogP contribution in [0.1, 0.15) is 29.5 Å². The predicted octanol–water partition coefficient (Wildman–Crippen LogP) is 4.56. The second kappa shape index (κ2) is 4.64. The number of benzene rings is 1. The van der Waals surface area contributed by atoms with Crippen molar-refractivity contribution in [3.05, 3.63) is 71.0 Å². The molecule has 2 aromatic rings. The minimum absolute atomic E-state index is 0.340. The van der Waals surface area contributed by atoms with Gasteiger partial charge in [0.05, 0.1) is 6.04 Å². The van der Waals surface area contributed by atoms with Gasteiger partial charge in [-0.25, -0.2) is 0 Å². The number of rotatable bonds is 1. The maximum Gasteiger partial charge on any atom is 0.0555 e. The third kappa shape index (κ3) is 1.83. The molecule has 0 spiro atoms. The Labute approximate surface area is 123 Å². The Bertz CT molecular complexity index is 666. The topological polar surface area (TPSA) is 24.9 Å². The van der Waals surface area contributed by atoms with E-state index in [1.165, 1.54) is 16.8 Å². The van der Waals surface area contributed by atoms with Crippen LogP contribution in [-0.4, -0.2) is 4.98 Å². The van der Waals surface area contributed by atoms with Gasteiger partial charge in [0.25, 0.3) is 0 Å². The number of nitrogens with one attached hydrogen (secondary N) is 1. The quantitative estimate of drug-likeness (QED) is 0.776. The third-order valence-electron chi connectivity index (χ3n) is 4.39. The van der Waals surface area contributed by atoms with Crippen molar-refractivity contribution in [1.82, 2.24) is 4.98 Å². The zero-order valence-corrected chi connectivity index (χ0v) is 11.7. The molecule has 1 aliphatic heterocycles. The number of halogens is 1. The molecule has 0 unspecified atom stereocenters. The summed E-state index contributed by atoms with van der Waals surface area (Å²) in [5, 5.41) is 4.50. The van der Waals surface area contributed by atoms with Gasteiger partial charge >= 0.3 is 0 Å². The Morgan fingerprint density at radius 2 is 2.00 bits per heavy atom. The fraction of sp³-hybridized carbons (Fsp3) is 0.235. The largest absolute Gasteiger partial charge is 0.378 e. The molecule has 0 bridgehead atoms. The minimum Gasteiger partial charge on any atom is -0.378 e. The maximum absolute atomic E-state index is 6.16. The van der Waals surface area contributed by atoms with Gasteiger partial charge in [0.2, 0.25) is 0 Å². The molecular weight excluding hydrogens is 268 g/mol. The van der Waals surface area contributed by atoms with Gasteiger partial charge in [0, 0.05) is 29.0 Å². The molecular formula is C17H15ClN2. The summed E-state index contributed by atoms with van der Waals surface area (Å²) in [6, 6.07) is 10.7. The highest BCUT2D eigenvalue weighted by atomic mass is 35.5. The number of allylic oxidation sites excluding steroid dienone is 2. The van der Waals surface area contributed by atoms with Gasteiger partial charge in [0.15, 0.2) is 0 Å². The average Bonchev–Trinajstić information content (AvgIpc) is 2.97. The fourth-order valence-corrected chi connectivity index (χ4v) is 3.65.